The van der Waals surface area contributed by atoms with E-state index in [0.29, 0.717) is 0 Å². The molecule has 7 heavy (non-hydrogen) atoms. The molecule has 0 aliphatic carbocycles. The zero-order valence-electron chi connectivity index (χ0n) is 4.02. The number of carboxylic acids is 1. The molecule has 42 valence electrons. The van der Waals surface area contributed by atoms with E-state index in [1.54, 1.807) is 6.92 Å². The molecule has 0 bridgehead atoms. The quantitative estimate of drug-likeness (QED) is 0.554. The minimum atomic E-state index is -0.838. The molecule has 0 aromatic rings. The Bertz CT molecular complexity index is 72.1. The van der Waals surface area contributed by atoms with Crippen molar-refractivity contribution in [1.29, 1.82) is 0 Å². The number of carboxylic acid groups (broad SMARTS) is 1. The minimum absolute atomic E-state index is 0.190. The van der Waals surface area contributed by atoms with Gasteiger partial charge < -0.3 is 5.11 Å². The molecular formula is C4H7ClO2. The van der Waals surface area contributed by atoms with Crippen molar-refractivity contribution < 1.29 is 9.90 Å². The van der Waals surface area contributed by atoms with Crippen molar-refractivity contribution in [3.8, 4) is 0 Å². The average Bonchev–Trinajstić information content (AvgIpc) is 1.65. The van der Waals surface area contributed by atoms with Gasteiger partial charge in [0, 0.05) is 5.88 Å². The number of halogens is 1. The first kappa shape index (κ1) is 6.76. The summed E-state index contributed by atoms with van der Waals surface area (Å²) >= 11 is 5.17. The Morgan fingerprint density at radius 1 is 2.00 bits per heavy atom. The number of hydrogen-bond donors (Lipinski definition) is 1. The van der Waals surface area contributed by atoms with E-state index in [1.165, 1.54) is 0 Å². The number of rotatable bonds is 2. The van der Waals surface area contributed by atoms with Crippen LogP contribution in [0.25, 0.3) is 0 Å². The maximum absolute atomic E-state index is 9.85. The lowest BCUT2D eigenvalue weighted by Crippen LogP contribution is -2.09. The monoisotopic (exact) mass is 122 g/mol. The Morgan fingerprint density at radius 3 is 2.43 bits per heavy atom. The molecule has 0 rings (SSSR count). The molecule has 0 heterocycles. The normalized spacial score (nSPS) is 13.4. The highest BCUT2D eigenvalue weighted by Gasteiger charge is 2.06. The first-order chi connectivity index (χ1) is 3.18. The van der Waals surface area contributed by atoms with Gasteiger partial charge in [0.15, 0.2) is 0 Å². The summed E-state index contributed by atoms with van der Waals surface area (Å²) in [5.41, 5.74) is 0. The Morgan fingerprint density at radius 2 is 2.43 bits per heavy atom. The van der Waals surface area contributed by atoms with Crippen molar-refractivity contribution in [2.45, 2.75) is 6.92 Å². The number of alkyl halides is 1. The van der Waals surface area contributed by atoms with Crippen LogP contribution in [0, 0.1) is 5.92 Å². The maximum Gasteiger partial charge on any atom is 0.307 e. The predicted molar refractivity (Wildman–Crippen MR) is 27.5 cm³/mol. The summed E-state index contributed by atoms with van der Waals surface area (Å²) in [4.78, 5) is 9.85. The third-order valence-electron chi connectivity index (χ3n) is 0.653. The topological polar surface area (TPSA) is 37.3 Å². The average molecular weight is 123 g/mol. The van der Waals surface area contributed by atoms with Crippen molar-refractivity contribution in [2.75, 3.05) is 5.88 Å². The van der Waals surface area contributed by atoms with E-state index < -0.39 is 11.9 Å². The summed E-state index contributed by atoms with van der Waals surface area (Å²) in [5, 5.41) is 8.10. The number of aliphatic carboxylic acids is 1. The van der Waals surface area contributed by atoms with E-state index in [-0.39, 0.29) is 5.88 Å². The summed E-state index contributed by atoms with van der Waals surface area (Å²) in [6.45, 7) is 1.56. The lowest BCUT2D eigenvalue weighted by Gasteiger charge is -1.94. The first-order valence-electron chi connectivity index (χ1n) is 1.97. The maximum atomic E-state index is 9.85. The van der Waals surface area contributed by atoms with Crippen molar-refractivity contribution in [3.05, 3.63) is 0 Å². The van der Waals surface area contributed by atoms with Crippen LogP contribution in [-0.4, -0.2) is 17.0 Å². The molecule has 0 aromatic heterocycles. The minimum Gasteiger partial charge on any atom is -0.481 e. The number of hydrogen-bond acceptors (Lipinski definition) is 1. The molecule has 3 heteroatoms. The largest absolute Gasteiger partial charge is 0.481 e. The van der Waals surface area contributed by atoms with Crippen LogP contribution in [0.15, 0.2) is 0 Å². The van der Waals surface area contributed by atoms with Gasteiger partial charge in [-0.3, -0.25) is 4.79 Å². The molecule has 0 spiro atoms. The fourth-order valence-corrected chi connectivity index (χ4v) is 0.198. The molecule has 0 fully saturated rings. The second-order valence-corrected chi connectivity index (χ2v) is 1.70. The molecule has 0 aromatic carbocycles. The van der Waals surface area contributed by atoms with Crippen molar-refractivity contribution in [3.63, 3.8) is 0 Å². The molecule has 0 saturated carbocycles. The third kappa shape index (κ3) is 2.45. The highest BCUT2D eigenvalue weighted by Crippen LogP contribution is 1.95. The van der Waals surface area contributed by atoms with Crippen LogP contribution in [0.3, 0.4) is 0 Å². The van der Waals surface area contributed by atoms with Gasteiger partial charge in [0.05, 0.1) is 5.92 Å². The molecule has 0 aliphatic heterocycles. The zero-order chi connectivity index (χ0) is 5.86. The van der Waals surface area contributed by atoms with Gasteiger partial charge in [-0.15, -0.1) is 11.6 Å². The zero-order valence-corrected chi connectivity index (χ0v) is 4.77. The van der Waals surface area contributed by atoms with Gasteiger partial charge in [0.1, 0.15) is 0 Å². The molecule has 0 radical (unpaired) electrons. The van der Waals surface area contributed by atoms with Crippen molar-refractivity contribution in [2.24, 2.45) is 5.92 Å². The van der Waals surface area contributed by atoms with Crippen LogP contribution in [-0.2, 0) is 4.79 Å². The molecule has 1 atom stereocenters. The second kappa shape index (κ2) is 2.86. The Balaban J connectivity index is 3.34. The van der Waals surface area contributed by atoms with Crippen LogP contribution in [0.1, 0.15) is 6.92 Å². The van der Waals surface area contributed by atoms with E-state index in [1.807, 2.05) is 0 Å². The summed E-state index contributed by atoms with van der Waals surface area (Å²) in [6.07, 6.45) is 0. The van der Waals surface area contributed by atoms with Gasteiger partial charge >= 0.3 is 5.97 Å². The van der Waals surface area contributed by atoms with E-state index in [0.717, 1.165) is 0 Å². The highest BCUT2D eigenvalue weighted by molar-refractivity contribution is 6.19. The van der Waals surface area contributed by atoms with Gasteiger partial charge in [-0.2, -0.15) is 0 Å². The van der Waals surface area contributed by atoms with Crippen LogP contribution < -0.4 is 0 Å². The standard InChI is InChI=1S/C4H7ClO2/c1-3(2-5)4(6)7/h3H,2H2,1H3,(H,6,7)/t3-/m1/s1. The van der Waals surface area contributed by atoms with Gasteiger partial charge in [0.25, 0.3) is 0 Å². The van der Waals surface area contributed by atoms with Crippen molar-refractivity contribution in [1.82, 2.24) is 0 Å². The fraction of sp³-hybridized carbons (Fsp3) is 0.750. The summed E-state index contributed by atoms with van der Waals surface area (Å²) in [7, 11) is 0. The van der Waals surface area contributed by atoms with Gasteiger partial charge in [-0.25, -0.2) is 0 Å². The molecule has 0 amide bonds. The van der Waals surface area contributed by atoms with E-state index in [4.69, 9.17) is 16.7 Å². The molecule has 1 N–H and O–H groups in total. The summed E-state index contributed by atoms with van der Waals surface area (Å²) in [6, 6.07) is 0. The Labute approximate surface area is 47.1 Å². The fourth-order valence-electron chi connectivity index (χ4n) is 0.0660. The van der Waals surface area contributed by atoms with E-state index in [2.05, 4.69) is 0 Å². The van der Waals surface area contributed by atoms with E-state index in [9.17, 15) is 4.79 Å². The Kier molecular flexibility index (Phi) is 2.76. The molecular weight excluding hydrogens is 115 g/mol. The smallest absolute Gasteiger partial charge is 0.307 e. The highest BCUT2D eigenvalue weighted by atomic mass is 35.5. The Hall–Kier alpha value is -0.240. The molecule has 0 aliphatic rings. The summed E-state index contributed by atoms with van der Waals surface area (Å²) < 4.78 is 0. The lowest BCUT2D eigenvalue weighted by molar-refractivity contribution is -0.140. The second-order valence-electron chi connectivity index (χ2n) is 1.39. The lowest BCUT2D eigenvalue weighted by atomic mass is 10.2. The van der Waals surface area contributed by atoms with Crippen LogP contribution in [0.4, 0.5) is 0 Å². The van der Waals surface area contributed by atoms with Crippen LogP contribution >= 0.6 is 11.6 Å². The van der Waals surface area contributed by atoms with Gasteiger partial charge in [-0.1, -0.05) is 6.92 Å². The van der Waals surface area contributed by atoms with Crippen LogP contribution in [0.5, 0.6) is 0 Å². The first-order valence-corrected chi connectivity index (χ1v) is 2.50. The molecule has 2 nitrogen and oxygen atoms in total. The predicted octanol–water partition coefficient (Wildman–Crippen LogP) is 0.946. The van der Waals surface area contributed by atoms with Crippen molar-refractivity contribution >= 4 is 17.6 Å². The van der Waals surface area contributed by atoms with E-state index >= 15 is 0 Å². The number of carbonyl (C=O) groups is 1. The molecule has 0 saturated heterocycles. The molecule has 0 unspecified atom stereocenters. The summed E-state index contributed by atoms with van der Waals surface area (Å²) in [5.74, 6) is -1.06. The van der Waals surface area contributed by atoms with Gasteiger partial charge in [0.2, 0.25) is 0 Å². The SMILES string of the molecule is C[C@H](CCl)C(=O)O. The third-order valence-corrected chi connectivity index (χ3v) is 1.12. The van der Waals surface area contributed by atoms with Gasteiger partial charge in [-0.05, 0) is 0 Å². The van der Waals surface area contributed by atoms with Crippen LogP contribution in [0.2, 0.25) is 0 Å².